The number of thiazole rings is 1. The summed E-state index contributed by atoms with van der Waals surface area (Å²) in [6.45, 7) is 4.07. The fourth-order valence-corrected chi connectivity index (χ4v) is 3.36. The maximum atomic E-state index is 10.2. The fourth-order valence-electron chi connectivity index (χ4n) is 1.65. The minimum Gasteiger partial charge on any atom is -0.388 e. The van der Waals surface area contributed by atoms with Crippen LogP contribution in [0.25, 0.3) is 0 Å². The van der Waals surface area contributed by atoms with Crippen LogP contribution in [0.2, 0.25) is 0 Å². The van der Waals surface area contributed by atoms with Crippen LogP contribution in [0, 0.1) is 17.4 Å². The third-order valence-electron chi connectivity index (χ3n) is 2.71. The molecule has 0 radical (unpaired) electrons. The summed E-state index contributed by atoms with van der Waals surface area (Å²) in [4.78, 5) is 5.69. The Hall–Kier alpha value is -0.460. The van der Waals surface area contributed by atoms with Crippen LogP contribution in [-0.4, -0.2) is 10.1 Å². The molecule has 2 nitrogen and oxygen atoms in total. The van der Waals surface area contributed by atoms with E-state index in [0.717, 1.165) is 19.8 Å². The zero-order chi connectivity index (χ0) is 12.4. The second kappa shape index (κ2) is 5.46. The third-order valence-corrected chi connectivity index (χ3v) is 4.78. The van der Waals surface area contributed by atoms with Crippen molar-refractivity contribution < 1.29 is 5.11 Å². The molecule has 0 aliphatic rings. The monoisotopic (exact) mass is 359 g/mol. The van der Waals surface area contributed by atoms with E-state index in [1.165, 1.54) is 4.88 Å². The summed E-state index contributed by atoms with van der Waals surface area (Å²) in [7, 11) is 0. The van der Waals surface area contributed by atoms with Crippen LogP contribution >= 0.6 is 33.9 Å². The molecule has 90 valence electrons. The first-order chi connectivity index (χ1) is 8.08. The van der Waals surface area contributed by atoms with Crippen molar-refractivity contribution in [1.82, 2.24) is 4.98 Å². The Labute approximate surface area is 119 Å². The van der Waals surface area contributed by atoms with E-state index in [4.69, 9.17) is 0 Å². The number of hydrogen-bond acceptors (Lipinski definition) is 3. The van der Waals surface area contributed by atoms with E-state index in [9.17, 15) is 5.11 Å². The summed E-state index contributed by atoms with van der Waals surface area (Å²) in [5.41, 5.74) is 2.05. The zero-order valence-corrected chi connectivity index (χ0v) is 12.7. The predicted octanol–water partition coefficient (Wildman–Crippen LogP) is 3.64. The van der Waals surface area contributed by atoms with Crippen LogP contribution in [0.3, 0.4) is 0 Å². The molecule has 0 bridgehead atoms. The highest BCUT2D eigenvalue weighted by atomic mass is 127. The molecule has 0 aliphatic carbocycles. The van der Waals surface area contributed by atoms with E-state index in [-0.39, 0.29) is 0 Å². The minimum absolute atomic E-state index is 0.465. The van der Waals surface area contributed by atoms with E-state index in [2.05, 4.69) is 34.5 Å². The van der Waals surface area contributed by atoms with Crippen LogP contribution < -0.4 is 0 Å². The van der Waals surface area contributed by atoms with Crippen molar-refractivity contribution >= 4 is 33.9 Å². The lowest BCUT2D eigenvalue weighted by Gasteiger charge is -2.10. The van der Waals surface area contributed by atoms with Gasteiger partial charge in [0.1, 0.15) is 0 Å². The topological polar surface area (TPSA) is 33.1 Å². The summed E-state index contributed by atoms with van der Waals surface area (Å²) in [6, 6.07) is 7.92. The van der Waals surface area contributed by atoms with Gasteiger partial charge in [-0.2, -0.15) is 0 Å². The second-order valence-corrected chi connectivity index (χ2v) is 6.44. The van der Waals surface area contributed by atoms with E-state index >= 15 is 0 Å². The third kappa shape index (κ3) is 3.05. The fraction of sp³-hybridized carbons (Fsp3) is 0.308. The highest BCUT2D eigenvalue weighted by molar-refractivity contribution is 14.1. The molecule has 1 N–H and O–H groups in total. The Morgan fingerprint density at radius 1 is 1.35 bits per heavy atom. The average molecular weight is 359 g/mol. The summed E-state index contributed by atoms with van der Waals surface area (Å²) in [5, 5.41) is 11.2. The molecule has 0 saturated heterocycles. The first-order valence-corrected chi connectivity index (χ1v) is 7.33. The minimum atomic E-state index is -0.465. The molecule has 0 fully saturated rings. The molecule has 0 spiro atoms. The normalized spacial score (nSPS) is 12.7. The van der Waals surface area contributed by atoms with Gasteiger partial charge in [-0.3, -0.25) is 0 Å². The lowest BCUT2D eigenvalue weighted by Crippen LogP contribution is -2.03. The molecule has 1 heterocycles. The molecule has 1 aromatic carbocycles. The van der Waals surface area contributed by atoms with E-state index in [1.54, 1.807) is 11.3 Å². The van der Waals surface area contributed by atoms with Gasteiger partial charge in [0.2, 0.25) is 0 Å². The van der Waals surface area contributed by atoms with Gasteiger partial charge in [-0.05, 0) is 48.1 Å². The average Bonchev–Trinajstić information content (AvgIpc) is 2.58. The molecule has 1 atom stereocenters. The van der Waals surface area contributed by atoms with Gasteiger partial charge in [-0.15, -0.1) is 11.3 Å². The molecule has 17 heavy (non-hydrogen) atoms. The lowest BCUT2D eigenvalue weighted by molar-refractivity contribution is 0.177. The van der Waals surface area contributed by atoms with Crippen LogP contribution in [0.4, 0.5) is 0 Å². The Morgan fingerprint density at radius 3 is 2.65 bits per heavy atom. The molecular weight excluding hydrogens is 345 g/mol. The number of aliphatic hydroxyl groups is 1. The van der Waals surface area contributed by atoms with Crippen LogP contribution in [0.5, 0.6) is 0 Å². The van der Waals surface area contributed by atoms with Crippen LogP contribution in [0.1, 0.15) is 27.2 Å². The SMILES string of the molecule is Cc1nc(CC(O)c2ccccc2I)sc1C. The Balaban J connectivity index is 2.17. The molecule has 2 rings (SSSR count). The largest absolute Gasteiger partial charge is 0.388 e. The lowest BCUT2D eigenvalue weighted by atomic mass is 10.1. The molecular formula is C13H14INOS. The number of nitrogens with zero attached hydrogens (tertiary/aromatic N) is 1. The van der Waals surface area contributed by atoms with Gasteiger partial charge in [0.25, 0.3) is 0 Å². The summed E-state index contributed by atoms with van der Waals surface area (Å²) < 4.78 is 1.10. The number of halogens is 1. The van der Waals surface area contributed by atoms with Crippen molar-refractivity contribution in [3.63, 3.8) is 0 Å². The van der Waals surface area contributed by atoms with E-state index < -0.39 is 6.10 Å². The maximum absolute atomic E-state index is 10.2. The summed E-state index contributed by atoms with van der Waals surface area (Å²) >= 11 is 3.92. The highest BCUT2D eigenvalue weighted by Gasteiger charge is 2.14. The quantitative estimate of drug-likeness (QED) is 0.849. The maximum Gasteiger partial charge on any atom is 0.0960 e. The Bertz CT molecular complexity index is 504. The van der Waals surface area contributed by atoms with Crippen molar-refractivity contribution in [3.05, 3.63) is 49.0 Å². The first kappa shape index (κ1) is 13.0. The molecule has 4 heteroatoms. The smallest absolute Gasteiger partial charge is 0.0960 e. The number of aromatic nitrogens is 1. The van der Waals surface area contributed by atoms with Crippen molar-refractivity contribution in [2.24, 2.45) is 0 Å². The molecule has 1 unspecified atom stereocenters. The van der Waals surface area contributed by atoms with Gasteiger partial charge in [0.05, 0.1) is 16.8 Å². The molecule has 0 amide bonds. The van der Waals surface area contributed by atoms with Crippen molar-refractivity contribution in [1.29, 1.82) is 0 Å². The number of aryl methyl sites for hydroxylation is 2. The molecule has 2 aromatic rings. The molecule has 0 aliphatic heterocycles. The highest BCUT2D eigenvalue weighted by Crippen LogP contribution is 2.26. The Morgan fingerprint density at radius 2 is 2.06 bits per heavy atom. The summed E-state index contributed by atoms with van der Waals surface area (Å²) in [5.74, 6) is 0. The number of aliphatic hydroxyl groups excluding tert-OH is 1. The summed E-state index contributed by atoms with van der Waals surface area (Å²) in [6.07, 6.45) is 0.132. The van der Waals surface area contributed by atoms with Gasteiger partial charge in [-0.1, -0.05) is 18.2 Å². The standard InChI is InChI=1S/C13H14INOS/c1-8-9(2)17-13(15-8)7-12(16)10-5-3-4-6-11(10)14/h3-6,12,16H,7H2,1-2H3. The van der Waals surface area contributed by atoms with Gasteiger partial charge < -0.3 is 5.11 Å². The van der Waals surface area contributed by atoms with E-state index in [1.807, 2.05) is 31.2 Å². The van der Waals surface area contributed by atoms with Crippen molar-refractivity contribution in [2.45, 2.75) is 26.4 Å². The van der Waals surface area contributed by atoms with Crippen molar-refractivity contribution in [2.75, 3.05) is 0 Å². The molecule has 0 saturated carbocycles. The predicted molar refractivity (Wildman–Crippen MR) is 79.4 cm³/mol. The Kier molecular flexibility index (Phi) is 4.17. The van der Waals surface area contributed by atoms with Gasteiger partial charge >= 0.3 is 0 Å². The number of hydrogen-bond donors (Lipinski definition) is 1. The van der Waals surface area contributed by atoms with Gasteiger partial charge in [0, 0.05) is 14.9 Å². The molecule has 1 aromatic heterocycles. The van der Waals surface area contributed by atoms with Crippen molar-refractivity contribution in [3.8, 4) is 0 Å². The van der Waals surface area contributed by atoms with Gasteiger partial charge in [0.15, 0.2) is 0 Å². The van der Waals surface area contributed by atoms with Crippen LogP contribution in [-0.2, 0) is 6.42 Å². The number of rotatable bonds is 3. The first-order valence-electron chi connectivity index (χ1n) is 5.43. The zero-order valence-electron chi connectivity index (χ0n) is 9.77. The van der Waals surface area contributed by atoms with Crippen LogP contribution in [0.15, 0.2) is 24.3 Å². The second-order valence-electron chi connectivity index (χ2n) is 3.99. The van der Waals surface area contributed by atoms with E-state index in [0.29, 0.717) is 6.42 Å². The van der Waals surface area contributed by atoms with Gasteiger partial charge in [-0.25, -0.2) is 4.98 Å². The number of benzene rings is 1.